The van der Waals surface area contributed by atoms with Gasteiger partial charge in [-0.15, -0.1) is 0 Å². The molecular formula is C20H20BrF2N5O. The predicted octanol–water partition coefficient (Wildman–Crippen LogP) is 4.37. The topological polar surface area (TPSA) is 85.1 Å². The normalized spacial score (nSPS) is 14.9. The fourth-order valence-corrected chi connectivity index (χ4v) is 3.76. The molecule has 0 atom stereocenters. The summed E-state index contributed by atoms with van der Waals surface area (Å²) >= 11 is 3.07. The Bertz CT molecular complexity index is 1020. The van der Waals surface area contributed by atoms with Crippen LogP contribution in [0.2, 0.25) is 0 Å². The second-order valence-electron chi connectivity index (χ2n) is 7.00. The summed E-state index contributed by atoms with van der Waals surface area (Å²) in [6, 6.07) is 5.74. The fraction of sp³-hybridized carbons (Fsp3) is 0.300. The second kappa shape index (κ2) is 8.46. The average Bonchev–Trinajstić information content (AvgIpc) is 2.70. The summed E-state index contributed by atoms with van der Waals surface area (Å²) in [5, 5.41) is 6.58. The lowest BCUT2D eigenvalue weighted by atomic mass is 9.99. The molecule has 29 heavy (non-hydrogen) atoms. The van der Waals surface area contributed by atoms with Gasteiger partial charge in [0, 0.05) is 15.9 Å². The molecule has 1 saturated heterocycles. The number of rotatable bonds is 5. The van der Waals surface area contributed by atoms with E-state index in [1.165, 1.54) is 18.5 Å². The van der Waals surface area contributed by atoms with Gasteiger partial charge in [0.25, 0.3) is 0 Å². The van der Waals surface area contributed by atoms with Crippen LogP contribution in [0.4, 0.5) is 26.0 Å². The van der Waals surface area contributed by atoms with E-state index >= 15 is 0 Å². The van der Waals surface area contributed by atoms with E-state index in [0.717, 1.165) is 25.9 Å². The number of nitrogens with zero attached hydrogens (tertiary/aromatic N) is 2. The molecule has 9 heteroatoms. The zero-order valence-electron chi connectivity index (χ0n) is 15.5. The molecule has 1 aliphatic rings. The van der Waals surface area contributed by atoms with E-state index in [1.807, 2.05) is 0 Å². The highest BCUT2D eigenvalue weighted by Gasteiger charge is 2.17. The van der Waals surface area contributed by atoms with Crippen molar-refractivity contribution >= 4 is 44.0 Å². The van der Waals surface area contributed by atoms with Crippen LogP contribution in [0.1, 0.15) is 12.8 Å². The van der Waals surface area contributed by atoms with Crippen molar-refractivity contribution in [2.75, 3.05) is 30.7 Å². The predicted molar refractivity (Wildman–Crippen MR) is 112 cm³/mol. The monoisotopic (exact) mass is 463 g/mol. The van der Waals surface area contributed by atoms with Crippen molar-refractivity contribution < 1.29 is 13.5 Å². The number of anilines is 3. The highest BCUT2D eigenvalue weighted by Crippen LogP contribution is 2.33. The van der Waals surface area contributed by atoms with E-state index in [1.54, 1.807) is 12.1 Å². The average molecular weight is 464 g/mol. The Hall–Kier alpha value is -2.52. The zero-order valence-corrected chi connectivity index (χ0v) is 17.1. The van der Waals surface area contributed by atoms with Gasteiger partial charge < -0.3 is 21.1 Å². The Morgan fingerprint density at radius 1 is 1.14 bits per heavy atom. The van der Waals surface area contributed by atoms with E-state index < -0.39 is 11.6 Å². The van der Waals surface area contributed by atoms with E-state index in [4.69, 9.17) is 10.5 Å². The minimum absolute atomic E-state index is 0.256. The van der Waals surface area contributed by atoms with Crippen molar-refractivity contribution in [3.8, 4) is 5.75 Å². The van der Waals surface area contributed by atoms with Crippen LogP contribution in [0.3, 0.4) is 0 Å². The third-order valence-electron chi connectivity index (χ3n) is 4.95. The molecular weight excluding hydrogens is 444 g/mol. The third-order valence-corrected chi connectivity index (χ3v) is 5.41. The molecule has 152 valence electrons. The molecule has 1 fully saturated rings. The number of nitrogens with two attached hydrogens (primary N) is 1. The zero-order chi connectivity index (χ0) is 20.4. The number of fused-ring (bicyclic) bond motifs is 1. The Labute approximate surface area is 175 Å². The number of nitrogen functional groups attached to an aromatic ring is 1. The molecule has 0 bridgehead atoms. The molecule has 0 radical (unpaired) electrons. The number of nitrogens with one attached hydrogen (secondary N) is 2. The van der Waals surface area contributed by atoms with Crippen LogP contribution in [0.25, 0.3) is 10.9 Å². The van der Waals surface area contributed by atoms with Crippen LogP contribution >= 0.6 is 15.9 Å². The molecule has 0 saturated carbocycles. The maximum absolute atomic E-state index is 14.2. The summed E-state index contributed by atoms with van der Waals surface area (Å²) in [6.45, 7) is 2.57. The lowest BCUT2D eigenvalue weighted by Crippen LogP contribution is -2.30. The molecule has 0 unspecified atom stereocenters. The number of hydrogen-bond donors (Lipinski definition) is 3. The lowest BCUT2D eigenvalue weighted by molar-refractivity contribution is 0.216. The quantitative estimate of drug-likeness (QED) is 0.487. The summed E-state index contributed by atoms with van der Waals surface area (Å²) < 4.78 is 34.6. The first-order valence-corrected chi connectivity index (χ1v) is 10.1. The lowest BCUT2D eigenvalue weighted by Gasteiger charge is -2.23. The Kier molecular flexibility index (Phi) is 5.77. The number of hydrogen-bond acceptors (Lipinski definition) is 6. The van der Waals surface area contributed by atoms with Gasteiger partial charge in [-0.25, -0.2) is 18.7 Å². The first-order valence-electron chi connectivity index (χ1n) is 9.30. The molecule has 2 aromatic carbocycles. The van der Waals surface area contributed by atoms with E-state index in [2.05, 4.69) is 36.5 Å². The van der Waals surface area contributed by atoms with Gasteiger partial charge >= 0.3 is 0 Å². The van der Waals surface area contributed by atoms with Crippen LogP contribution < -0.4 is 21.1 Å². The molecule has 4 rings (SSSR count). The van der Waals surface area contributed by atoms with Crippen molar-refractivity contribution in [2.24, 2.45) is 5.92 Å². The summed E-state index contributed by atoms with van der Waals surface area (Å²) in [7, 11) is 0. The SMILES string of the molecule is Nc1cc2c(Nc3c(F)cc(Br)cc3F)ncnc2cc1OCC1CCNCC1. The number of halogens is 3. The third kappa shape index (κ3) is 4.40. The van der Waals surface area contributed by atoms with Crippen molar-refractivity contribution in [1.82, 2.24) is 15.3 Å². The first kappa shape index (κ1) is 19.8. The van der Waals surface area contributed by atoms with Crippen LogP contribution in [0.5, 0.6) is 5.75 Å². The van der Waals surface area contributed by atoms with Crippen molar-refractivity contribution in [1.29, 1.82) is 0 Å². The van der Waals surface area contributed by atoms with Crippen molar-refractivity contribution in [3.05, 3.63) is 46.7 Å². The molecule has 4 N–H and O–H groups in total. The molecule has 6 nitrogen and oxygen atoms in total. The number of benzene rings is 2. The number of piperidine rings is 1. The first-order chi connectivity index (χ1) is 14.0. The van der Waals surface area contributed by atoms with Gasteiger partial charge in [0.1, 0.15) is 23.6 Å². The highest BCUT2D eigenvalue weighted by molar-refractivity contribution is 9.10. The van der Waals surface area contributed by atoms with Gasteiger partial charge in [0.2, 0.25) is 0 Å². The summed E-state index contributed by atoms with van der Waals surface area (Å²) in [5.74, 6) is -0.192. The summed E-state index contributed by atoms with van der Waals surface area (Å²) in [6.07, 6.45) is 3.45. The van der Waals surface area contributed by atoms with Crippen LogP contribution in [-0.4, -0.2) is 29.7 Å². The number of ether oxygens (including phenoxy) is 1. The van der Waals surface area contributed by atoms with Gasteiger partial charge in [-0.2, -0.15) is 0 Å². The van der Waals surface area contributed by atoms with Gasteiger partial charge in [-0.1, -0.05) is 15.9 Å². The van der Waals surface area contributed by atoms with Gasteiger partial charge in [0.15, 0.2) is 11.6 Å². The smallest absolute Gasteiger partial charge is 0.150 e. The molecule has 2 heterocycles. The van der Waals surface area contributed by atoms with Crippen molar-refractivity contribution in [2.45, 2.75) is 12.8 Å². The number of aromatic nitrogens is 2. The standard InChI is InChI=1S/C20H20BrF2N5O/c21-12-5-14(22)19(15(23)6-12)28-20-13-7-16(24)18(8-17(13)26-10-27-20)29-9-11-1-3-25-4-2-11/h5-8,10-11,25H,1-4,9,24H2,(H,26,27,28). The molecule has 1 aliphatic heterocycles. The van der Waals surface area contributed by atoms with Gasteiger partial charge in [-0.3, -0.25) is 0 Å². The molecule has 3 aromatic rings. The van der Waals surface area contributed by atoms with E-state index in [-0.39, 0.29) is 11.5 Å². The van der Waals surface area contributed by atoms with Crippen LogP contribution in [-0.2, 0) is 0 Å². The molecule has 1 aromatic heterocycles. The van der Waals surface area contributed by atoms with Gasteiger partial charge in [-0.05, 0) is 50.0 Å². The maximum atomic E-state index is 14.2. The van der Waals surface area contributed by atoms with Crippen LogP contribution in [0.15, 0.2) is 35.1 Å². The Balaban J connectivity index is 1.61. The summed E-state index contributed by atoms with van der Waals surface area (Å²) in [4.78, 5) is 8.37. The minimum Gasteiger partial charge on any atom is -0.491 e. The van der Waals surface area contributed by atoms with E-state index in [9.17, 15) is 8.78 Å². The second-order valence-corrected chi connectivity index (χ2v) is 7.92. The molecule has 0 amide bonds. The Morgan fingerprint density at radius 2 is 1.86 bits per heavy atom. The van der Waals surface area contributed by atoms with E-state index in [0.29, 0.717) is 39.3 Å². The van der Waals surface area contributed by atoms with Gasteiger partial charge in [0.05, 0.1) is 17.8 Å². The minimum atomic E-state index is -0.737. The highest BCUT2D eigenvalue weighted by atomic mass is 79.9. The molecule has 0 spiro atoms. The molecule has 0 aliphatic carbocycles. The van der Waals surface area contributed by atoms with Crippen molar-refractivity contribution in [3.63, 3.8) is 0 Å². The maximum Gasteiger partial charge on any atom is 0.150 e. The van der Waals surface area contributed by atoms with Crippen LogP contribution in [0, 0.1) is 17.6 Å². The fourth-order valence-electron chi connectivity index (χ4n) is 3.36. The largest absolute Gasteiger partial charge is 0.491 e. The Morgan fingerprint density at radius 3 is 2.59 bits per heavy atom. The summed E-state index contributed by atoms with van der Waals surface area (Å²) in [5.41, 5.74) is 6.86.